The molecule has 1 aromatic carbocycles. The molecule has 112 valence electrons. The second kappa shape index (κ2) is 8.05. The van der Waals surface area contributed by atoms with Crippen LogP contribution in [0.25, 0.3) is 0 Å². The van der Waals surface area contributed by atoms with E-state index < -0.39 is 6.04 Å². The van der Waals surface area contributed by atoms with Crippen LogP contribution >= 0.6 is 0 Å². The highest BCUT2D eigenvalue weighted by Gasteiger charge is 2.25. The Morgan fingerprint density at radius 2 is 1.70 bits per heavy atom. The van der Waals surface area contributed by atoms with E-state index >= 15 is 0 Å². The molecule has 0 aromatic heterocycles. The van der Waals surface area contributed by atoms with Gasteiger partial charge in [-0.15, -0.1) is 0 Å². The fourth-order valence-electron chi connectivity index (χ4n) is 2.49. The van der Waals surface area contributed by atoms with E-state index in [9.17, 15) is 4.79 Å². The Morgan fingerprint density at radius 3 is 2.20 bits per heavy atom. The van der Waals surface area contributed by atoms with Crippen LogP contribution in [0.2, 0.25) is 0 Å². The molecule has 0 unspecified atom stereocenters. The molecule has 0 heterocycles. The second-order valence-corrected chi connectivity index (χ2v) is 5.57. The fraction of sp³-hybridized carbons (Fsp3) is 0.588. The lowest BCUT2D eigenvalue weighted by Gasteiger charge is -2.31. The van der Waals surface area contributed by atoms with Crippen LogP contribution in [0.3, 0.4) is 0 Å². The molecule has 0 aliphatic carbocycles. The quantitative estimate of drug-likeness (QED) is 0.767. The molecule has 0 radical (unpaired) electrons. The third-order valence-corrected chi connectivity index (χ3v) is 4.52. The van der Waals surface area contributed by atoms with E-state index in [1.807, 2.05) is 30.3 Å². The Kier molecular flexibility index (Phi) is 6.73. The van der Waals surface area contributed by atoms with Crippen LogP contribution in [-0.4, -0.2) is 18.5 Å². The van der Waals surface area contributed by atoms with Crippen molar-refractivity contribution in [1.82, 2.24) is 5.32 Å². The van der Waals surface area contributed by atoms with Crippen LogP contribution in [0.4, 0.5) is 0 Å². The van der Waals surface area contributed by atoms with Crippen molar-refractivity contribution in [3.63, 3.8) is 0 Å². The Morgan fingerprint density at radius 1 is 1.15 bits per heavy atom. The highest BCUT2D eigenvalue weighted by molar-refractivity contribution is 5.81. The lowest BCUT2D eigenvalue weighted by Crippen LogP contribution is -2.46. The molecule has 1 rings (SSSR count). The van der Waals surface area contributed by atoms with Gasteiger partial charge in [-0.3, -0.25) is 4.79 Å². The van der Waals surface area contributed by atoms with Gasteiger partial charge in [0.05, 0.1) is 6.04 Å². The number of nitrogens with one attached hydrogen (secondary N) is 1. The standard InChI is InChI=1S/C17H28N2O/c1-4-17(5-2,6-3)13-19-16(20)15(18)12-14-10-8-7-9-11-14/h7-11,15H,4-6,12-13,18H2,1-3H3,(H,19,20)/t15-/m0/s1. The first-order valence-corrected chi connectivity index (χ1v) is 7.64. The zero-order chi connectivity index (χ0) is 15.0. The van der Waals surface area contributed by atoms with Gasteiger partial charge in [-0.1, -0.05) is 51.1 Å². The molecule has 0 fully saturated rings. The number of hydrogen-bond acceptors (Lipinski definition) is 2. The van der Waals surface area contributed by atoms with Gasteiger partial charge in [-0.2, -0.15) is 0 Å². The summed E-state index contributed by atoms with van der Waals surface area (Å²) in [7, 11) is 0. The van der Waals surface area contributed by atoms with Gasteiger partial charge in [0.2, 0.25) is 5.91 Å². The highest BCUT2D eigenvalue weighted by Crippen LogP contribution is 2.29. The summed E-state index contributed by atoms with van der Waals surface area (Å²) in [6.45, 7) is 7.27. The second-order valence-electron chi connectivity index (χ2n) is 5.57. The van der Waals surface area contributed by atoms with E-state index in [1.165, 1.54) is 0 Å². The van der Waals surface area contributed by atoms with Crippen molar-refractivity contribution in [1.29, 1.82) is 0 Å². The lowest BCUT2D eigenvalue weighted by atomic mass is 9.80. The predicted octanol–water partition coefficient (Wildman–Crippen LogP) is 2.89. The van der Waals surface area contributed by atoms with Crippen LogP contribution in [-0.2, 0) is 11.2 Å². The molecule has 3 nitrogen and oxygen atoms in total. The van der Waals surface area contributed by atoms with Crippen LogP contribution in [0, 0.1) is 5.41 Å². The number of nitrogens with two attached hydrogens (primary N) is 1. The summed E-state index contributed by atoms with van der Waals surface area (Å²) < 4.78 is 0. The van der Waals surface area contributed by atoms with Crippen LogP contribution in [0.5, 0.6) is 0 Å². The molecule has 0 spiro atoms. The van der Waals surface area contributed by atoms with Gasteiger partial charge in [-0.25, -0.2) is 0 Å². The summed E-state index contributed by atoms with van der Waals surface area (Å²) in [5.74, 6) is -0.0476. The Bertz CT molecular complexity index is 390. The van der Waals surface area contributed by atoms with E-state index in [4.69, 9.17) is 5.73 Å². The first-order chi connectivity index (χ1) is 9.56. The predicted molar refractivity (Wildman–Crippen MR) is 84.4 cm³/mol. The van der Waals surface area contributed by atoms with E-state index in [0.29, 0.717) is 6.42 Å². The molecule has 3 heteroatoms. The average Bonchev–Trinajstić information content (AvgIpc) is 2.50. The van der Waals surface area contributed by atoms with Crippen molar-refractivity contribution >= 4 is 5.91 Å². The van der Waals surface area contributed by atoms with Crippen LogP contribution in [0.1, 0.15) is 45.6 Å². The zero-order valence-corrected chi connectivity index (χ0v) is 13.0. The summed E-state index contributed by atoms with van der Waals surface area (Å²) in [4.78, 5) is 12.1. The van der Waals surface area contributed by atoms with Crippen molar-refractivity contribution in [3.8, 4) is 0 Å². The number of benzene rings is 1. The molecule has 1 atom stereocenters. The molecule has 0 aliphatic rings. The fourth-order valence-corrected chi connectivity index (χ4v) is 2.49. The first kappa shape index (κ1) is 16.7. The third-order valence-electron chi connectivity index (χ3n) is 4.52. The SMILES string of the molecule is CCC(CC)(CC)CNC(=O)[C@@H](N)Cc1ccccc1. The van der Waals surface area contributed by atoms with Gasteiger partial charge in [0.15, 0.2) is 0 Å². The van der Waals surface area contributed by atoms with Gasteiger partial charge in [0.1, 0.15) is 0 Å². The molecule has 0 aliphatic heterocycles. The van der Waals surface area contributed by atoms with Gasteiger partial charge in [0, 0.05) is 6.54 Å². The maximum atomic E-state index is 12.1. The van der Waals surface area contributed by atoms with E-state index in [-0.39, 0.29) is 11.3 Å². The molecular weight excluding hydrogens is 248 g/mol. The minimum Gasteiger partial charge on any atom is -0.354 e. The summed E-state index contributed by atoms with van der Waals surface area (Å²) in [5, 5.41) is 3.03. The Hall–Kier alpha value is -1.35. The number of carbonyl (C=O) groups excluding carboxylic acids is 1. The largest absolute Gasteiger partial charge is 0.354 e. The van der Waals surface area contributed by atoms with Crippen molar-refractivity contribution in [2.24, 2.45) is 11.1 Å². The van der Waals surface area contributed by atoms with E-state index in [0.717, 1.165) is 31.4 Å². The average molecular weight is 276 g/mol. The molecule has 1 aromatic rings. The lowest BCUT2D eigenvalue weighted by molar-refractivity contribution is -0.122. The highest BCUT2D eigenvalue weighted by atomic mass is 16.2. The van der Waals surface area contributed by atoms with Crippen molar-refractivity contribution < 1.29 is 4.79 Å². The monoisotopic (exact) mass is 276 g/mol. The van der Waals surface area contributed by atoms with E-state index in [1.54, 1.807) is 0 Å². The number of amides is 1. The summed E-state index contributed by atoms with van der Waals surface area (Å²) in [5.41, 5.74) is 7.30. The van der Waals surface area contributed by atoms with Gasteiger partial charge >= 0.3 is 0 Å². The third kappa shape index (κ3) is 4.64. The number of hydrogen-bond donors (Lipinski definition) is 2. The Labute approximate surface area is 122 Å². The maximum absolute atomic E-state index is 12.1. The van der Waals surface area contributed by atoms with Crippen molar-refractivity contribution in [2.75, 3.05) is 6.54 Å². The molecule has 20 heavy (non-hydrogen) atoms. The normalized spacial score (nSPS) is 13.0. The van der Waals surface area contributed by atoms with Crippen LogP contribution < -0.4 is 11.1 Å². The maximum Gasteiger partial charge on any atom is 0.237 e. The number of rotatable bonds is 8. The smallest absolute Gasteiger partial charge is 0.237 e. The van der Waals surface area contributed by atoms with Gasteiger partial charge in [-0.05, 0) is 36.7 Å². The topological polar surface area (TPSA) is 55.1 Å². The molecule has 0 saturated carbocycles. The van der Waals surface area contributed by atoms with Gasteiger partial charge < -0.3 is 11.1 Å². The van der Waals surface area contributed by atoms with Crippen molar-refractivity contribution in [3.05, 3.63) is 35.9 Å². The molecule has 3 N–H and O–H groups in total. The minimum absolute atomic E-state index is 0.0476. The van der Waals surface area contributed by atoms with Crippen LogP contribution in [0.15, 0.2) is 30.3 Å². The first-order valence-electron chi connectivity index (χ1n) is 7.64. The zero-order valence-electron chi connectivity index (χ0n) is 13.0. The molecular formula is C17H28N2O. The molecule has 0 bridgehead atoms. The summed E-state index contributed by atoms with van der Waals surface area (Å²) in [6.07, 6.45) is 3.82. The summed E-state index contributed by atoms with van der Waals surface area (Å²) >= 11 is 0. The summed E-state index contributed by atoms with van der Waals surface area (Å²) in [6, 6.07) is 9.43. The van der Waals surface area contributed by atoms with Crippen molar-refractivity contribution in [2.45, 2.75) is 52.5 Å². The molecule has 1 amide bonds. The minimum atomic E-state index is -0.472. The van der Waals surface area contributed by atoms with E-state index in [2.05, 4.69) is 26.1 Å². The Balaban J connectivity index is 2.50. The number of carbonyl (C=O) groups is 1. The van der Waals surface area contributed by atoms with Gasteiger partial charge in [0.25, 0.3) is 0 Å². The molecule has 0 saturated heterocycles.